The Balaban J connectivity index is 1.33. The van der Waals surface area contributed by atoms with Crippen molar-refractivity contribution in [3.8, 4) is 39.6 Å². The molecule has 0 aliphatic rings. The SMILES string of the molecule is N#Cc1ccc(-c2c3ccccc3c(-c3cc4c(-c5ccccc5)nc5c6ccccc6ccc5c4c4ccccc34)c3ccccc23)c2ccccc12. The molecule has 2 nitrogen and oxygen atoms in total. The van der Waals surface area contributed by atoms with E-state index in [0.29, 0.717) is 5.56 Å². The van der Waals surface area contributed by atoms with E-state index >= 15 is 0 Å². The third-order valence-corrected chi connectivity index (χ3v) is 11.3. The number of pyridine rings is 1. The summed E-state index contributed by atoms with van der Waals surface area (Å²) in [5.74, 6) is 0. The van der Waals surface area contributed by atoms with Crippen molar-refractivity contribution >= 4 is 75.5 Å². The van der Waals surface area contributed by atoms with Gasteiger partial charge in [0.1, 0.15) is 0 Å². The van der Waals surface area contributed by atoms with E-state index in [1.807, 2.05) is 12.1 Å². The smallest absolute Gasteiger partial charge is 0.0998 e. The Morgan fingerprint density at radius 3 is 1.54 bits per heavy atom. The summed E-state index contributed by atoms with van der Waals surface area (Å²) in [7, 11) is 0. The van der Waals surface area contributed by atoms with Crippen LogP contribution in [-0.2, 0) is 0 Å². The van der Waals surface area contributed by atoms with Crippen molar-refractivity contribution in [2.45, 2.75) is 0 Å². The Morgan fingerprint density at radius 2 is 0.889 bits per heavy atom. The lowest BCUT2D eigenvalue weighted by molar-refractivity contribution is 1.44. The van der Waals surface area contributed by atoms with Crippen LogP contribution in [0.1, 0.15) is 5.56 Å². The number of nitrogens with zero attached hydrogens (tertiary/aromatic N) is 2. The van der Waals surface area contributed by atoms with Crippen molar-refractivity contribution in [2.24, 2.45) is 0 Å². The molecule has 10 aromatic carbocycles. The van der Waals surface area contributed by atoms with Crippen LogP contribution >= 0.6 is 0 Å². The van der Waals surface area contributed by atoms with Gasteiger partial charge in [-0.15, -0.1) is 0 Å². The van der Waals surface area contributed by atoms with Gasteiger partial charge in [-0.25, -0.2) is 4.98 Å². The van der Waals surface area contributed by atoms with Crippen LogP contribution in [-0.4, -0.2) is 4.98 Å². The Hall–Kier alpha value is -7.34. The fourth-order valence-electron chi connectivity index (χ4n) is 8.95. The van der Waals surface area contributed by atoms with E-state index in [2.05, 4.69) is 176 Å². The first-order valence-electron chi connectivity index (χ1n) is 18.4. The molecular weight excluding hydrogens is 653 g/mol. The summed E-state index contributed by atoms with van der Waals surface area (Å²) < 4.78 is 0. The van der Waals surface area contributed by atoms with Gasteiger partial charge in [0.25, 0.3) is 0 Å². The minimum atomic E-state index is 0.686. The molecule has 0 aliphatic heterocycles. The molecule has 248 valence electrons. The van der Waals surface area contributed by atoms with Crippen LogP contribution in [0.3, 0.4) is 0 Å². The largest absolute Gasteiger partial charge is 0.246 e. The van der Waals surface area contributed by atoms with Gasteiger partial charge in [-0.2, -0.15) is 5.26 Å². The van der Waals surface area contributed by atoms with Crippen LogP contribution in [0.4, 0.5) is 0 Å². The van der Waals surface area contributed by atoms with E-state index in [1.165, 1.54) is 59.8 Å². The molecule has 0 spiro atoms. The van der Waals surface area contributed by atoms with Gasteiger partial charge in [-0.05, 0) is 77.5 Å². The van der Waals surface area contributed by atoms with Crippen LogP contribution in [0.25, 0.3) is 109 Å². The molecule has 2 heteroatoms. The summed E-state index contributed by atoms with van der Waals surface area (Å²) in [4.78, 5) is 5.54. The van der Waals surface area contributed by atoms with E-state index < -0.39 is 0 Å². The van der Waals surface area contributed by atoms with E-state index in [9.17, 15) is 5.26 Å². The highest BCUT2D eigenvalue weighted by atomic mass is 14.7. The Bertz CT molecular complexity index is 3330. The van der Waals surface area contributed by atoms with Gasteiger partial charge >= 0.3 is 0 Å². The lowest BCUT2D eigenvalue weighted by atomic mass is 9.82. The van der Waals surface area contributed by atoms with E-state index in [0.717, 1.165) is 49.3 Å². The van der Waals surface area contributed by atoms with Crippen LogP contribution < -0.4 is 0 Å². The molecule has 0 atom stereocenters. The Labute approximate surface area is 311 Å². The third kappa shape index (κ3) is 4.36. The van der Waals surface area contributed by atoms with Gasteiger partial charge in [0, 0.05) is 32.5 Å². The van der Waals surface area contributed by atoms with Crippen molar-refractivity contribution < 1.29 is 0 Å². The molecule has 11 aromatic rings. The molecule has 0 fully saturated rings. The molecular formula is C52H30N2. The summed E-state index contributed by atoms with van der Waals surface area (Å²) in [6.45, 7) is 0. The fourth-order valence-corrected chi connectivity index (χ4v) is 8.95. The number of aromatic nitrogens is 1. The Kier molecular flexibility index (Phi) is 6.65. The highest BCUT2D eigenvalue weighted by Gasteiger charge is 2.22. The molecule has 0 N–H and O–H groups in total. The zero-order valence-corrected chi connectivity index (χ0v) is 29.2. The minimum absolute atomic E-state index is 0.686. The van der Waals surface area contributed by atoms with Gasteiger partial charge in [-0.3, -0.25) is 0 Å². The molecule has 1 heterocycles. The molecule has 0 unspecified atom stereocenters. The molecule has 0 saturated carbocycles. The van der Waals surface area contributed by atoms with Crippen molar-refractivity contribution in [1.82, 2.24) is 4.98 Å². The second kappa shape index (κ2) is 11.9. The van der Waals surface area contributed by atoms with E-state index in [4.69, 9.17) is 4.98 Å². The summed E-state index contributed by atoms with van der Waals surface area (Å²) >= 11 is 0. The maximum absolute atomic E-state index is 10.0. The topological polar surface area (TPSA) is 36.7 Å². The van der Waals surface area contributed by atoms with Gasteiger partial charge in [0.15, 0.2) is 0 Å². The molecule has 0 aliphatic carbocycles. The highest BCUT2D eigenvalue weighted by molar-refractivity contribution is 6.31. The lowest BCUT2D eigenvalue weighted by Gasteiger charge is -2.21. The quantitative estimate of drug-likeness (QED) is 0.137. The van der Waals surface area contributed by atoms with Crippen LogP contribution in [0.5, 0.6) is 0 Å². The summed E-state index contributed by atoms with van der Waals surface area (Å²) in [5.41, 5.74) is 8.48. The monoisotopic (exact) mass is 682 g/mol. The van der Waals surface area contributed by atoms with Crippen LogP contribution in [0.2, 0.25) is 0 Å². The zero-order valence-electron chi connectivity index (χ0n) is 29.2. The maximum atomic E-state index is 10.0. The van der Waals surface area contributed by atoms with Crippen LogP contribution in [0.15, 0.2) is 182 Å². The number of nitriles is 1. The van der Waals surface area contributed by atoms with Gasteiger partial charge < -0.3 is 0 Å². The molecule has 0 saturated heterocycles. The number of fused-ring (bicyclic) bond motifs is 10. The average molecular weight is 683 g/mol. The summed E-state index contributed by atoms with van der Waals surface area (Å²) in [5, 5.41) is 25.0. The zero-order chi connectivity index (χ0) is 35.8. The predicted molar refractivity (Wildman–Crippen MR) is 228 cm³/mol. The molecule has 1 aromatic heterocycles. The first-order chi connectivity index (χ1) is 26.8. The predicted octanol–water partition coefficient (Wildman–Crippen LogP) is 14.0. The van der Waals surface area contributed by atoms with Crippen LogP contribution in [0, 0.1) is 11.3 Å². The van der Waals surface area contributed by atoms with Gasteiger partial charge in [0.05, 0.1) is 22.8 Å². The van der Waals surface area contributed by atoms with Crippen molar-refractivity contribution in [1.29, 1.82) is 5.26 Å². The first kappa shape index (κ1) is 30.3. The Morgan fingerprint density at radius 1 is 0.370 bits per heavy atom. The molecule has 54 heavy (non-hydrogen) atoms. The number of hydrogen-bond donors (Lipinski definition) is 0. The number of benzene rings is 10. The van der Waals surface area contributed by atoms with Gasteiger partial charge in [0.2, 0.25) is 0 Å². The van der Waals surface area contributed by atoms with Crippen molar-refractivity contribution in [2.75, 3.05) is 0 Å². The van der Waals surface area contributed by atoms with E-state index in [-0.39, 0.29) is 0 Å². The lowest BCUT2D eigenvalue weighted by Crippen LogP contribution is -1.95. The maximum Gasteiger partial charge on any atom is 0.0998 e. The minimum Gasteiger partial charge on any atom is -0.246 e. The summed E-state index contributed by atoms with van der Waals surface area (Å²) in [6.07, 6.45) is 0. The third-order valence-electron chi connectivity index (χ3n) is 11.3. The van der Waals surface area contributed by atoms with Crippen molar-refractivity contribution in [3.63, 3.8) is 0 Å². The number of rotatable bonds is 3. The molecule has 11 rings (SSSR count). The van der Waals surface area contributed by atoms with Crippen molar-refractivity contribution in [3.05, 3.63) is 188 Å². The van der Waals surface area contributed by atoms with Gasteiger partial charge in [-0.1, -0.05) is 170 Å². The second-order valence-electron chi connectivity index (χ2n) is 14.1. The summed E-state index contributed by atoms with van der Waals surface area (Å²) in [6, 6.07) is 67.4. The number of hydrogen-bond acceptors (Lipinski definition) is 2. The standard InChI is InChI=1S/C52H30N2/c53-31-34-27-28-44(37-19-7-6-17-35(34)37)48-40-22-10-12-24-42(40)49(43-25-13-11-23-41(43)48)46-30-47-50(39-21-9-8-20-38(39)46)45-29-26-32-14-4-5-18-36(32)52(45)54-51(47)33-15-2-1-3-16-33/h1-30H. The molecule has 0 bridgehead atoms. The average Bonchev–Trinajstić information content (AvgIpc) is 3.25. The highest BCUT2D eigenvalue weighted by Crippen LogP contribution is 2.49. The van der Waals surface area contributed by atoms with E-state index in [1.54, 1.807) is 0 Å². The second-order valence-corrected chi connectivity index (χ2v) is 14.1. The molecule has 0 amide bonds. The first-order valence-corrected chi connectivity index (χ1v) is 18.4. The normalized spacial score (nSPS) is 11.7. The molecule has 0 radical (unpaired) electrons. The fraction of sp³-hybridized carbons (Fsp3) is 0.